The van der Waals surface area contributed by atoms with Crippen LogP contribution in [-0.4, -0.2) is 33.4 Å². The molecule has 1 amide bonds. The molecule has 31 heavy (non-hydrogen) atoms. The van der Waals surface area contributed by atoms with Crippen LogP contribution in [0.1, 0.15) is 15.9 Å². The fraction of sp³-hybridized carbons (Fsp3) is 0.130. The lowest BCUT2D eigenvalue weighted by atomic mass is 10.00. The number of anilines is 1. The molecule has 0 saturated carbocycles. The van der Waals surface area contributed by atoms with Gasteiger partial charge < -0.3 is 9.64 Å². The number of amides is 1. The van der Waals surface area contributed by atoms with Crippen molar-refractivity contribution in [3.05, 3.63) is 83.9 Å². The second kappa shape index (κ2) is 8.33. The van der Waals surface area contributed by atoms with Crippen molar-refractivity contribution in [2.24, 2.45) is 5.14 Å². The Bertz CT molecular complexity index is 1260. The number of nitrogens with two attached hydrogens (primary N) is 1. The van der Waals surface area contributed by atoms with Gasteiger partial charge in [-0.25, -0.2) is 18.4 Å². The molecule has 3 aromatic rings. The van der Waals surface area contributed by atoms with Crippen molar-refractivity contribution in [3.63, 3.8) is 0 Å². The Morgan fingerprint density at radius 1 is 0.968 bits per heavy atom. The highest BCUT2D eigenvalue weighted by atomic mass is 32.2. The standard InChI is InChI=1S/C23H20N2O5S/c24-31(28,29)18-10-11-21-17(14-18)12-13-25(21)22(26)15-30-23(27)20-9-5-4-8-19(20)16-6-2-1-3-7-16/h1-11,14H,12-13,15H2,(H2,24,28,29). The average Bonchev–Trinajstić information content (AvgIpc) is 3.21. The molecule has 0 saturated heterocycles. The molecule has 0 spiro atoms. The first kappa shape index (κ1) is 20.8. The maximum absolute atomic E-state index is 12.7. The van der Waals surface area contributed by atoms with Crippen LogP contribution in [0.3, 0.4) is 0 Å². The van der Waals surface area contributed by atoms with E-state index >= 15 is 0 Å². The molecule has 8 heteroatoms. The summed E-state index contributed by atoms with van der Waals surface area (Å²) in [5.41, 5.74) is 3.28. The lowest BCUT2D eigenvalue weighted by Gasteiger charge is -2.18. The molecule has 0 atom stereocenters. The SMILES string of the molecule is NS(=O)(=O)c1ccc2c(c1)CCN2C(=O)COC(=O)c1ccccc1-c1ccccc1. The quantitative estimate of drug-likeness (QED) is 0.619. The summed E-state index contributed by atoms with van der Waals surface area (Å²) in [7, 11) is -3.81. The molecule has 4 rings (SSSR count). The third-order valence-electron chi connectivity index (χ3n) is 5.13. The fourth-order valence-corrected chi connectivity index (χ4v) is 4.19. The van der Waals surface area contributed by atoms with Gasteiger partial charge in [0.2, 0.25) is 10.0 Å². The van der Waals surface area contributed by atoms with E-state index in [4.69, 9.17) is 9.88 Å². The van der Waals surface area contributed by atoms with Gasteiger partial charge in [0.05, 0.1) is 10.5 Å². The predicted octanol–water partition coefficient (Wildman–Crippen LogP) is 2.75. The van der Waals surface area contributed by atoms with Gasteiger partial charge in [-0.2, -0.15) is 0 Å². The monoisotopic (exact) mass is 436 g/mol. The second-order valence-electron chi connectivity index (χ2n) is 7.12. The van der Waals surface area contributed by atoms with Gasteiger partial charge >= 0.3 is 5.97 Å². The van der Waals surface area contributed by atoms with Crippen LogP contribution in [0, 0.1) is 0 Å². The lowest BCUT2D eigenvalue weighted by molar-refractivity contribution is -0.121. The third-order valence-corrected chi connectivity index (χ3v) is 6.05. The highest BCUT2D eigenvalue weighted by Gasteiger charge is 2.27. The Kier molecular flexibility index (Phi) is 5.58. The molecule has 2 N–H and O–H groups in total. The minimum absolute atomic E-state index is 0.00416. The first-order valence-corrected chi connectivity index (χ1v) is 11.2. The second-order valence-corrected chi connectivity index (χ2v) is 8.68. The molecule has 7 nitrogen and oxygen atoms in total. The summed E-state index contributed by atoms with van der Waals surface area (Å²) < 4.78 is 28.4. The highest BCUT2D eigenvalue weighted by Crippen LogP contribution is 2.30. The van der Waals surface area contributed by atoms with Crippen molar-refractivity contribution in [2.75, 3.05) is 18.1 Å². The number of carbonyl (C=O) groups excluding carboxylic acids is 2. The number of sulfonamides is 1. The minimum Gasteiger partial charge on any atom is -0.452 e. The molecular weight excluding hydrogens is 416 g/mol. The zero-order chi connectivity index (χ0) is 22.0. The van der Waals surface area contributed by atoms with Crippen LogP contribution in [0.5, 0.6) is 0 Å². The number of hydrogen-bond donors (Lipinski definition) is 1. The van der Waals surface area contributed by atoms with Crippen molar-refractivity contribution in [3.8, 4) is 11.1 Å². The molecule has 0 radical (unpaired) electrons. The van der Waals surface area contributed by atoms with E-state index in [0.29, 0.717) is 29.8 Å². The van der Waals surface area contributed by atoms with Gasteiger partial charge in [0, 0.05) is 12.2 Å². The molecule has 0 aliphatic carbocycles. The maximum atomic E-state index is 12.7. The van der Waals surface area contributed by atoms with Gasteiger partial charge in [0.25, 0.3) is 5.91 Å². The molecule has 1 aliphatic rings. The number of benzene rings is 3. The number of primary sulfonamides is 1. The molecule has 1 aliphatic heterocycles. The van der Waals surface area contributed by atoms with Crippen molar-refractivity contribution < 1.29 is 22.7 Å². The van der Waals surface area contributed by atoms with Crippen LogP contribution < -0.4 is 10.0 Å². The van der Waals surface area contributed by atoms with E-state index in [1.807, 2.05) is 42.5 Å². The summed E-state index contributed by atoms with van der Waals surface area (Å²) in [5.74, 6) is -0.968. The fourth-order valence-electron chi connectivity index (χ4n) is 3.63. The van der Waals surface area contributed by atoms with Crippen molar-refractivity contribution in [1.29, 1.82) is 0 Å². The average molecular weight is 436 g/mol. The van der Waals surface area contributed by atoms with E-state index in [-0.39, 0.29) is 10.8 Å². The normalized spacial score (nSPS) is 13.0. The number of rotatable bonds is 5. The third kappa shape index (κ3) is 4.35. The zero-order valence-corrected chi connectivity index (χ0v) is 17.3. The molecule has 1 heterocycles. The van der Waals surface area contributed by atoms with Gasteiger partial charge in [0.1, 0.15) is 0 Å². The largest absolute Gasteiger partial charge is 0.452 e. The van der Waals surface area contributed by atoms with Crippen LogP contribution in [-0.2, 0) is 26.0 Å². The smallest absolute Gasteiger partial charge is 0.339 e. The zero-order valence-electron chi connectivity index (χ0n) is 16.5. The van der Waals surface area contributed by atoms with Crippen LogP contribution in [0.4, 0.5) is 5.69 Å². The van der Waals surface area contributed by atoms with Crippen LogP contribution in [0.15, 0.2) is 77.7 Å². The molecule has 0 unspecified atom stereocenters. The van der Waals surface area contributed by atoms with E-state index in [0.717, 1.165) is 11.1 Å². The van der Waals surface area contributed by atoms with Gasteiger partial charge in [-0.15, -0.1) is 0 Å². The number of carbonyl (C=O) groups is 2. The molecule has 0 fully saturated rings. The van der Waals surface area contributed by atoms with Gasteiger partial charge in [0.15, 0.2) is 6.61 Å². The maximum Gasteiger partial charge on any atom is 0.339 e. The lowest BCUT2D eigenvalue weighted by Crippen LogP contribution is -2.33. The highest BCUT2D eigenvalue weighted by molar-refractivity contribution is 7.89. The molecular formula is C23H20N2O5S. The van der Waals surface area contributed by atoms with Crippen molar-refractivity contribution in [1.82, 2.24) is 0 Å². The van der Waals surface area contributed by atoms with Gasteiger partial charge in [-0.1, -0.05) is 48.5 Å². The summed E-state index contributed by atoms with van der Waals surface area (Å²) in [6, 6.07) is 20.9. The van der Waals surface area contributed by atoms with Crippen LogP contribution in [0.25, 0.3) is 11.1 Å². The number of ether oxygens (including phenoxy) is 1. The Hall–Kier alpha value is -3.49. The molecule has 158 valence electrons. The number of esters is 1. The van der Waals surface area contributed by atoms with Crippen molar-refractivity contribution in [2.45, 2.75) is 11.3 Å². The van der Waals surface area contributed by atoms with Crippen LogP contribution in [0.2, 0.25) is 0 Å². The Balaban J connectivity index is 1.47. The summed E-state index contributed by atoms with van der Waals surface area (Å²) in [5, 5.41) is 5.17. The molecule has 0 aromatic heterocycles. The van der Waals surface area contributed by atoms with E-state index in [9.17, 15) is 18.0 Å². The Labute approximate surface area is 180 Å². The topological polar surface area (TPSA) is 107 Å². The van der Waals surface area contributed by atoms with Crippen LogP contribution >= 0.6 is 0 Å². The number of hydrogen-bond acceptors (Lipinski definition) is 5. The van der Waals surface area contributed by atoms with Gasteiger partial charge in [-0.3, -0.25) is 4.79 Å². The summed E-state index contributed by atoms with van der Waals surface area (Å²) in [6.45, 7) is -0.0429. The minimum atomic E-state index is -3.81. The predicted molar refractivity (Wildman–Crippen MR) is 116 cm³/mol. The summed E-state index contributed by atoms with van der Waals surface area (Å²) in [4.78, 5) is 26.9. The van der Waals surface area contributed by atoms with E-state index < -0.39 is 22.6 Å². The van der Waals surface area contributed by atoms with E-state index in [1.54, 1.807) is 18.2 Å². The number of nitrogens with zero attached hydrogens (tertiary/aromatic N) is 1. The first-order valence-electron chi connectivity index (χ1n) is 9.62. The summed E-state index contributed by atoms with van der Waals surface area (Å²) in [6.07, 6.45) is 0.495. The van der Waals surface area contributed by atoms with Gasteiger partial charge in [-0.05, 0) is 47.4 Å². The molecule has 3 aromatic carbocycles. The molecule has 0 bridgehead atoms. The Morgan fingerprint density at radius 3 is 2.42 bits per heavy atom. The Morgan fingerprint density at radius 2 is 1.68 bits per heavy atom. The van der Waals surface area contributed by atoms with Crippen molar-refractivity contribution >= 4 is 27.6 Å². The summed E-state index contributed by atoms with van der Waals surface area (Å²) >= 11 is 0. The van der Waals surface area contributed by atoms with E-state index in [1.165, 1.54) is 17.0 Å². The van der Waals surface area contributed by atoms with E-state index in [2.05, 4.69) is 0 Å². The first-order chi connectivity index (χ1) is 14.8. The number of fused-ring (bicyclic) bond motifs is 1.